The van der Waals surface area contributed by atoms with Gasteiger partial charge in [-0.05, 0) is 72.9 Å². The number of hydrogen-bond acceptors (Lipinski definition) is 5. The summed E-state index contributed by atoms with van der Waals surface area (Å²) in [5.41, 5.74) is 2.21. The second kappa shape index (κ2) is 11.2. The Morgan fingerprint density at radius 1 is 1.24 bits per heavy atom. The Morgan fingerprint density at radius 2 is 2.08 bits per heavy atom. The quantitative estimate of drug-likeness (QED) is 0.225. The van der Waals surface area contributed by atoms with Crippen LogP contribution in [0.25, 0.3) is 11.3 Å². The Bertz CT molecular complexity index is 1500. The first-order valence-corrected chi connectivity index (χ1v) is 13.1. The van der Waals surface area contributed by atoms with Crippen LogP contribution in [-0.4, -0.2) is 29.7 Å². The number of furan rings is 1. The highest BCUT2D eigenvalue weighted by Crippen LogP contribution is 2.44. The maximum Gasteiger partial charge on any atom is 0.250 e. The van der Waals surface area contributed by atoms with Gasteiger partial charge in [0.25, 0.3) is 0 Å². The van der Waals surface area contributed by atoms with Crippen molar-refractivity contribution in [2.45, 2.75) is 12.1 Å². The third-order valence-corrected chi connectivity index (χ3v) is 7.11. The van der Waals surface area contributed by atoms with Crippen molar-refractivity contribution in [2.75, 3.05) is 23.9 Å². The Balaban J connectivity index is 1.55. The summed E-state index contributed by atoms with van der Waals surface area (Å²) in [4.78, 5) is 18.4. The first-order valence-electron chi connectivity index (χ1n) is 11.5. The number of methoxy groups -OCH3 is 1. The minimum Gasteiger partial charge on any atom is -0.459 e. The van der Waals surface area contributed by atoms with Crippen molar-refractivity contribution in [3.05, 3.63) is 99.7 Å². The lowest BCUT2D eigenvalue weighted by molar-refractivity contribution is -0.119. The molecule has 0 radical (unpaired) electrons. The number of nitrogens with one attached hydrogen (secondary N) is 2. The van der Waals surface area contributed by atoms with Crippen molar-refractivity contribution in [1.29, 1.82) is 0 Å². The van der Waals surface area contributed by atoms with Crippen LogP contribution in [0.2, 0.25) is 5.02 Å². The molecule has 1 fully saturated rings. The van der Waals surface area contributed by atoms with E-state index in [1.165, 1.54) is 13.2 Å². The largest absolute Gasteiger partial charge is 0.459 e. The molecule has 1 aliphatic heterocycles. The molecule has 1 aliphatic rings. The molecule has 0 bridgehead atoms. The number of anilines is 2. The van der Waals surface area contributed by atoms with Crippen LogP contribution in [0.3, 0.4) is 0 Å². The van der Waals surface area contributed by atoms with Gasteiger partial charge in [-0.1, -0.05) is 33.6 Å². The predicted molar refractivity (Wildman–Crippen MR) is 152 cm³/mol. The number of ether oxygens (including phenoxy) is 1. The van der Waals surface area contributed by atoms with Crippen molar-refractivity contribution in [1.82, 2.24) is 10.3 Å². The number of carbonyl (C=O) groups excluding carboxylic acids is 1. The SMILES string of the molecule is COCC(=O)Nc1ccc(N2C(=S)N[C@@H](c3ccccn3)[C@H]2c2ccc(-c3ccc(Br)cc3F)o2)cc1Cl. The van der Waals surface area contributed by atoms with Crippen LogP contribution in [-0.2, 0) is 9.53 Å². The Kier molecular flexibility index (Phi) is 7.75. The van der Waals surface area contributed by atoms with E-state index in [0.29, 0.717) is 43.1 Å². The third-order valence-electron chi connectivity index (χ3n) is 5.99. The topological polar surface area (TPSA) is 79.6 Å². The summed E-state index contributed by atoms with van der Waals surface area (Å²) >= 11 is 15.6. The molecule has 0 aliphatic carbocycles. The molecule has 38 heavy (non-hydrogen) atoms. The molecule has 3 heterocycles. The van der Waals surface area contributed by atoms with Crippen LogP contribution < -0.4 is 15.5 Å². The highest BCUT2D eigenvalue weighted by atomic mass is 79.9. The molecule has 0 unspecified atom stereocenters. The van der Waals surface area contributed by atoms with E-state index in [1.807, 2.05) is 23.1 Å². The summed E-state index contributed by atoms with van der Waals surface area (Å²) in [5, 5.41) is 6.82. The monoisotopic (exact) mass is 614 g/mol. The summed E-state index contributed by atoms with van der Waals surface area (Å²) in [6.07, 6.45) is 1.71. The van der Waals surface area contributed by atoms with Gasteiger partial charge in [0, 0.05) is 23.5 Å². The number of carbonyl (C=O) groups is 1. The van der Waals surface area contributed by atoms with E-state index >= 15 is 0 Å². The Labute approximate surface area is 237 Å². The van der Waals surface area contributed by atoms with Crippen LogP contribution in [0.5, 0.6) is 0 Å². The van der Waals surface area contributed by atoms with Gasteiger partial charge in [0.2, 0.25) is 5.91 Å². The summed E-state index contributed by atoms with van der Waals surface area (Å²) in [6, 6.07) is 18.4. The van der Waals surface area contributed by atoms with Crippen LogP contribution in [0.4, 0.5) is 15.8 Å². The minimum absolute atomic E-state index is 0.0914. The van der Waals surface area contributed by atoms with Gasteiger partial charge in [0.1, 0.15) is 30.0 Å². The molecule has 7 nitrogen and oxygen atoms in total. The number of rotatable bonds is 7. The summed E-state index contributed by atoms with van der Waals surface area (Å²) in [7, 11) is 1.44. The first kappa shape index (κ1) is 26.3. The van der Waals surface area contributed by atoms with E-state index in [2.05, 4.69) is 31.5 Å². The average molecular weight is 616 g/mol. The number of hydrogen-bond donors (Lipinski definition) is 2. The molecule has 5 rings (SSSR count). The molecule has 0 saturated carbocycles. The van der Waals surface area contributed by atoms with Crippen molar-refractivity contribution in [3.63, 3.8) is 0 Å². The number of halogens is 3. The molecule has 0 spiro atoms. The van der Waals surface area contributed by atoms with Gasteiger partial charge in [0.05, 0.1) is 28.0 Å². The maximum absolute atomic E-state index is 14.7. The van der Waals surface area contributed by atoms with E-state index in [-0.39, 0.29) is 18.6 Å². The van der Waals surface area contributed by atoms with Crippen LogP contribution >= 0.6 is 39.7 Å². The molecule has 4 aromatic rings. The van der Waals surface area contributed by atoms with Gasteiger partial charge < -0.3 is 24.7 Å². The normalized spacial score (nSPS) is 16.9. The van der Waals surface area contributed by atoms with E-state index in [0.717, 1.165) is 5.69 Å². The molecule has 11 heteroatoms. The number of amides is 1. The number of aromatic nitrogens is 1. The molecule has 2 aromatic heterocycles. The molecule has 1 saturated heterocycles. The maximum atomic E-state index is 14.7. The van der Waals surface area contributed by atoms with Crippen LogP contribution in [0.1, 0.15) is 23.5 Å². The van der Waals surface area contributed by atoms with Crippen molar-refractivity contribution in [3.8, 4) is 11.3 Å². The fourth-order valence-electron chi connectivity index (χ4n) is 4.34. The van der Waals surface area contributed by atoms with Gasteiger partial charge in [-0.25, -0.2) is 4.39 Å². The van der Waals surface area contributed by atoms with Gasteiger partial charge in [-0.2, -0.15) is 0 Å². The minimum atomic E-state index is -0.463. The highest BCUT2D eigenvalue weighted by molar-refractivity contribution is 9.10. The summed E-state index contributed by atoms with van der Waals surface area (Å²) in [6.45, 7) is -0.0914. The van der Waals surface area contributed by atoms with Crippen LogP contribution in [0.15, 0.2) is 81.8 Å². The molecule has 194 valence electrons. The van der Waals surface area contributed by atoms with Gasteiger partial charge in [-0.15, -0.1) is 0 Å². The van der Waals surface area contributed by atoms with Gasteiger partial charge >= 0.3 is 0 Å². The van der Waals surface area contributed by atoms with E-state index in [9.17, 15) is 9.18 Å². The molecule has 1 amide bonds. The lowest BCUT2D eigenvalue weighted by Crippen LogP contribution is -2.29. The molecule has 2 N–H and O–H groups in total. The number of nitrogens with zero attached hydrogens (tertiary/aromatic N) is 2. The third kappa shape index (κ3) is 5.30. The lowest BCUT2D eigenvalue weighted by atomic mass is 10.0. The second-order valence-electron chi connectivity index (χ2n) is 8.47. The fraction of sp³-hybridized carbons (Fsp3) is 0.148. The molecular weight excluding hydrogens is 595 g/mol. The molecule has 2 atom stereocenters. The van der Waals surface area contributed by atoms with Gasteiger partial charge in [0.15, 0.2) is 5.11 Å². The van der Waals surface area contributed by atoms with E-state index in [4.69, 9.17) is 33.0 Å². The van der Waals surface area contributed by atoms with Crippen molar-refractivity contribution >= 4 is 62.1 Å². The number of pyridine rings is 1. The number of thiocarbonyl (C=S) groups is 1. The second-order valence-corrected chi connectivity index (χ2v) is 10.2. The lowest BCUT2D eigenvalue weighted by Gasteiger charge is -2.26. The molecular formula is C27H21BrClFN4O3S. The number of benzene rings is 2. The standard InChI is InChI=1S/C27H21BrClFN4O3S/c1-36-14-24(35)32-20-8-6-16(13-18(20)29)34-26(25(33-27(34)38)21-4-2-3-11-31-21)23-10-9-22(37-23)17-7-5-15(28)12-19(17)30/h2-13,25-26H,14H2,1H3,(H,32,35)(H,33,38)/t25-,26+/m0/s1. The average Bonchev–Trinajstić information content (AvgIpc) is 3.50. The predicted octanol–water partition coefficient (Wildman–Crippen LogP) is 6.66. The zero-order chi connectivity index (χ0) is 26.8. The fourth-order valence-corrected chi connectivity index (χ4v) is 5.24. The van der Waals surface area contributed by atoms with E-state index < -0.39 is 11.9 Å². The summed E-state index contributed by atoms with van der Waals surface area (Å²) < 4.78 is 26.4. The van der Waals surface area contributed by atoms with E-state index in [1.54, 1.807) is 48.7 Å². The van der Waals surface area contributed by atoms with Crippen LogP contribution in [0, 0.1) is 5.82 Å². The Hall–Kier alpha value is -3.31. The highest BCUT2D eigenvalue weighted by Gasteiger charge is 2.42. The van der Waals surface area contributed by atoms with Crippen molar-refractivity contribution in [2.24, 2.45) is 0 Å². The van der Waals surface area contributed by atoms with Gasteiger partial charge in [-0.3, -0.25) is 9.78 Å². The Morgan fingerprint density at radius 3 is 2.79 bits per heavy atom. The van der Waals surface area contributed by atoms with Crippen molar-refractivity contribution < 1.29 is 18.3 Å². The summed E-state index contributed by atoms with van der Waals surface area (Å²) in [5.74, 6) is 0.212. The molecule has 2 aromatic carbocycles. The first-order chi connectivity index (χ1) is 18.4. The zero-order valence-electron chi connectivity index (χ0n) is 20.0. The smallest absolute Gasteiger partial charge is 0.250 e. The zero-order valence-corrected chi connectivity index (χ0v) is 23.1.